The highest BCUT2D eigenvalue weighted by Crippen LogP contribution is 2.16. The van der Waals surface area contributed by atoms with Gasteiger partial charge in [0.2, 0.25) is 0 Å². The molecule has 2 N–H and O–H groups in total. The Hall–Kier alpha value is -0.180. The summed E-state index contributed by atoms with van der Waals surface area (Å²) in [4.78, 5) is 0. The van der Waals surface area contributed by atoms with E-state index >= 15 is 0 Å². The molecule has 0 aromatic rings. The molecule has 8 heteroatoms. The average molecular weight is 473 g/mol. The first-order valence-corrected chi connectivity index (χ1v) is 15.4. The standard InChI is InChI=1S/C22H46.H2O6S2/c1-4-6-7-8-9-10-11-12-13-14-15-16-17-18-19-20-21-22(3)5-2;1-7(2,3)8(4,5)6/h22H,4-21H2,1-3H3;(H,1,2,3)(H,4,5,6). The van der Waals surface area contributed by atoms with Crippen LogP contribution in [0.15, 0.2) is 0 Å². The highest BCUT2D eigenvalue weighted by atomic mass is 33.2. The first kappa shape index (κ1) is 32.0. The Balaban J connectivity index is 0. The van der Waals surface area contributed by atoms with Crippen molar-refractivity contribution in [2.45, 2.75) is 136 Å². The summed E-state index contributed by atoms with van der Waals surface area (Å²) in [6, 6.07) is 0. The van der Waals surface area contributed by atoms with Crippen LogP contribution in [-0.4, -0.2) is 25.9 Å². The van der Waals surface area contributed by atoms with Crippen molar-refractivity contribution in [2.75, 3.05) is 0 Å². The predicted octanol–water partition coefficient (Wildman–Crippen LogP) is 7.36. The first-order chi connectivity index (χ1) is 14.1. The fourth-order valence-electron chi connectivity index (χ4n) is 3.25. The van der Waals surface area contributed by atoms with E-state index in [1.54, 1.807) is 0 Å². The van der Waals surface area contributed by atoms with Gasteiger partial charge in [0.1, 0.15) is 0 Å². The van der Waals surface area contributed by atoms with Crippen molar-refractivity contribution in [3.05, 3.63) is 0 Å². The zero-order chi connectivity index (χ0) is 23.3. The van der Waals surface area contributed by atoms with Gasteiger partial charge in [-0.15, -0.1) is 0 Å². The van der Waals surface area contributed by atoms with Crippen LogP contribution in [0.1, 0.15) is 136 Å². The van der Waals surface area contributed by atoms with E-state index in [0.29, 0.717) is 0 Å². The molecule has 0 saturated carbocycles. The third-order valence-electron chi connectivity index (χ3n) is 5.51. The van der Waals surface area contributed by atoms with E-state index in [1.807, 2.05) is 0 Å². The molecule has 0 aromatic heterocycles. The Morgan fingerprint density at radius 3 is 1.03 bits per heavy atom. The minimum atomic E-state index is -5.31. The zero-order valence-electron chi connectivity index (χ0n) is 19.6. The number of unbranched alkanes of at least 4 members (excludes halogenated alkanes) is 15. The molecule has 0 rings (SSSR count). The summed E-state index contributed by atoms with van der Waals surface area (Å²) in [7, 11) is -10.6. The highest BCUT2D eigenvalue weighted by molar-refractivity contribution is 8.62. The van der Waals surface area contributed by atoms with Crippen LogP contribution in [0.25, 0.3) is 0 Å². The highest BCUT2D eigenvalue weighted by Gasteiger charge is 2.22. The summed E-state index contributed by atoms with van der Waals surface area (Å²) in [6.45, 7) is 7.01. The molecule has 0 heterocycles. The minimum Gasteiger partial charge on any atom is -0.272 e. The molecule has 0 spiro atoms. The lowest BCUT2D eigenvalue weighted by atomic mass is 9.99. The van der Waals surface area contributed by atoms with Crippen molar-refractivity contribution in [1.29, 1.82) is 0 Å². The van der Waals surface area contributed by atoms with Gasteiger partial charge in [0.05, 0.1) is 0 Å². The van der Waals surface area contributed by atoms with E-state index in [9.17, 15) is 16.8 Å². The molecule has 0 aliphatic heterocycles. The molecular weight excluding hydrogens is 424 g/mol. The Bertz CT molecular complexity index is 528. The van der Waals surface area contributed by atoms with Crippen molar-refractivity contribution in [3.63, 3.8) is 0 Å². The Labute approximate surface area is 186 Å². The van der Waals surface area contributed by atoms with Gasteiger partial charge in [0, 0.05) is 0 Å². The van der Waals surface area contributed by atoms with Crippen LogP contribution >= 0.6 is 0 Å². The largest absolute Gasteiger partial charge is 0.397 e. The van der Waals surface area contributed by atoms with Crippen molar-refractivity contribution in [2.24, 2.45) is 5.92 Å². The minimum absolute atomic E-state index is 0.951. The number of hydrogen-bond donors (Lipinski definition) is 2. The second kappa shape index (κ2) is 20.7. The third-order valence-corrected chi connectivity index (χ3v) is 7.64. The molecule has 184 valence electrons. The monoisotopic (exact) mass is 472 g/mol. The fourth-order valence-corrected chi connectivity index (χ4v) is 3.25. The molecule has 6 nitrogen and oxygen atoms in total. The van der Waals surface area contributed by atoms with Gasteiger partial charge in [-0.05, 0) is 5.92 Å². The lowest BCUT2D eigenvalue weighted by Crippen LogP contribution is -2.11. The van der Waals surface area contributed by atoms with Crippen molar-refractivity contribution in [1.82, 2.24) is 0 Å². The van der Waals surface area contributed by atoms with Gasteiger partial charge in [0.25, 0.3) is 0 Å². The topological polar surface area (TPSA) is 109 Å². The Morgan fingerprint density at radius 2 is 0.800 bits per heavy atom. The van der Waals surface area contributed by atoms with Crippen LogP contribution < -0.4 is 0 Å². The summed E-state index contributed by atoms with van der Waals surface area (Å²) in [5.41, 5.74) is 0. The molecule has 0 radical (unpaired) electrons. The second-order valence-corrected chi connectivity index (χ2v) is 12.7. The van der Waals surface area contributed by atoms with Crippen LogP contribution in [0.2, 0.25) is 0 Å². The number of hydrogen-bond acceptors (Lipinski definition) is 4. The molecule has 1 atom stereocenters. The molecule has 1 unspecified atom stereocenters. The molecule has 0 fully saturated rings. The normalized spacial score (nSPS) is 13.0. The van der Waals surface area contributed by atoms with Crippen LogP contribution in [0, 0.1) is 5.92 Å². The van der Waals surface area contributed by atoms with Gasteiger partial charge < -0.3 is 0 Å². The molecule has 0 aliphatic rings. The van der Waals surface area contributed by atoms with E-state index in [0.717, 1.165) is 5.92 Å². The quantitative estimate of drug-likeness (QED) is 0.115. The molecule has 0 bridgehead atoms. The third kappa shape index (κ3) is 24.1. The SMILES string of the molecule is CCCCCCCCCCCCCCCCCCC(C)CC.O=S(=O)(O)S(=O)(=O)O. The van der Waals surface area contributed by atoms with Crippen LogP contribution in [-0.2, 0) is 18.3 Å². The maximum atomic E-state index is 9.37. The van der Waals surface area contributed by atoms with Crippen LogP contribution in [0.4, 0.5) is 0 Å². The van der Waals surface area contributed by atoms with Crippen molar-refractivity contribution in [3.8, 4) is 0 Å². The maximum Gasteiger partial charge on any atom is 0.397 e. The van der Waals surface area contributed by atoms with Crippen molar-refractivity contribution >= 4 is 18.3 Å². The zero-order valence-corrected chi connectivity index (χ0v) is 21.3. The summed E-state index contributed by atoms with van der Waals surface area (Å²) < 4.78 is 52.5. The van der Waals surface area contributed by atoms with Gasteiger partial charge in [-0.25, -0.2) is 0 Å². The molecule has 0 aromatic carbocycles. The Morgan fingerprint density at radius 1 is 0.533 bits per heavy atom. The van der Waals surface area contributed by atoms with E-state index in [2.05, 4.69) is 20.8 Å². The first-order valence-electron chi connectivity index (χ1n) is 12.0. The summed E-state index contributed by atoms with van der Waals surface area (Å²) in [5, 5.41) is 0. The van der Waals surface area contributed by atoms with Crippen LogP contribution in [0.5, 0.6) is 0 Å². The Kier molecular flexibility index (Phi) is 22.1. The van der Waals surface area contributed by atoms with E-state index in [1.165, 1.54) is 116 Å². The summed E-state index contributed by atoms with van der Waals surface area (Å²) in [6.07, 6.45) is 26.4. The second-order valence-electron chi connectivity index (χ2n) is 8.46. The lowest BCUT2D eigenvalue weighted by Gasteiger charge is -2.07. The molecule has 30 heavy (non-hydrogen) atoms. The van der Waals surface area contributed by atoms with Gasteiger partial charge in [-0.3, -0.25) is 9.11 Å². The smallest absolute Gasteiger partial charge is 0.272 e. The van der Waals surface area contributed by atoms with E-state index in [4.69, 9.17) is 9.11 Å². The summed E-state index contributed by atoms with van der Waals surface area (Å²) >= 11 is 0. The van der Waals surface area contributed by atoms with Crippen molar-refractivity contribution < 1.29 is 25.9 Å². The molecule has 0 aliphatic carbocycles. The maximum absolute atomic E-state index is 9.37. The van der Waals surface area contributed by atoms with Gasteiger partial charge in [-0.1, -0.05) is 136 Å². The van der Waals surface area contributed by atoms with E-state index in [-0.39, 0.29) is 0 Å². The van der Waals surface area contributed by atoms with Gasteiger partial charge in [0.15, 0.2) is 0 Å². The predicted molar refractivity (Wildman–Crippen MR) is 127 cm³/mol. The van der Waals surface area contributed by atoms with Gasteiger partial charge >= 0.3 is 18.3 Å². The van der Waals surface area contributed by atoms with E-state index < -0.39 is 18.3 Å². The summed E-state index contributed by atoms with van der Waals surface area (Å²) in [5.74, 6) is 0.951. The molecular formula is C22H48O6S2. The average Bonchev–Trinajstić information content (AvgIpc) is 2.66. The molecule has 0 saturated heterocycles. The molecule has 0 amide bonds. The lowest BCUT2D eigenvalue weighted by molar-refractivity contribution is 0.460. The number of rotatable bonds is 19. The van der Waals surface area contributed by atoms with Gasteiger partial charge in [-0.2, -0.15) is 16.8 Å². The van der Waals surface area contributed by atoms with Crippen LogP contribution in [0.3, 0.4) is 0 Å². The fraction of sp³-hybridized carbons (Fsp3) is 1.00.